The number of sulfonamides is 1. The molecule has 0 fully saturated rings. The van der Waals surface area contributed by atoms with E-state index in [1.54, 1.807) is 19.2 Å². The maximum Gasteiger partial charge on any atom is 0.247 e. The van der Waals surface area contributed by atoms with Crippen LogP contribution in [0.15, 0.2) is 49.2 Å². The van der Waals surface area contributed by atoms with E-state index in [1.807, 2.05) is 51.2 Å². The average molecular weight is 617 g/mol. The Morgan fingerprint density at radius 2 is 1.86 bits per heavy atom. The molecule has 2 aromatic carbocycles. The van der Waals surface area contributed by atoms with Gasteiger partial charge in [-0.25, -0.2) is 13.4 Å². The van der Waals surface area contributed by atoms with Crippen molar-refractivity contribution >= 4 is 67.7 Å². The molecule has 1 heterocycles. The molecule has 1 amide bonds. The van der Waals surface area contributed by atoms with Crippen molar-refractivity contribution in [1.82, 2.24) is 14.9 Å². The van der Waals surface area contributed by atoms with E-state index >= 15 is 0 Å². The fourth-order valence-corrected chi connectivity index (χ4v) is 4.72. The molecule has 0 aliphatic carbocycles. The Bertz CT molecular complexity index is 1550. The van der Waals surface area contributed by atoms with Crippen LogP contribution in [0.2, 0.25) is 5.02 Å². The smallest absolute Gasteiger partial charge is 0.247 e. The third-order valence-corrected chi connectivity index (χ3v) is 6.97. The van der Waals surface area contributed by atoms with Gasteiger partial charge in [-0.15, -0.1) is 0 Å². The summed E-state index contributed by atoms with van der Waals surface area (Å²) in [6.07, 6.45) is 4.31. The number of carbonyl (C=O) groups is 1. The summed E-state index contributed by atoms with van der Waals surface area (Å²) in [5.74, 6) is 0.550. The summed E-state index contributed by atoms with van der Waals surface area (Å²) >= 11 is 6.43. The van der Waals surface area contributed by atoms with Crippen LogP contribution in [0.25, 0.3) is 0 Å². The van der Waals surface area contributed by atoms with Gasteiger partial charge in [0.2, 0.25) is 21.9 Å². The van der Waals surface area contributed by atoms with Gasteiger partial charge in [-0.2, -0.15) is 4.98 Å². The summed E-state index contributed by atoms with van der Waals surface area (Å²) in [4.78, 5) is 25.2. The highest BCUT2D eigenvalue weighted by Gasteiger charge is 2.18. The summed E-state index contributed by atoms with van der Waals surface area (Å²) in [7, 11) is 3.89. The van der Waals surface area contributed by atoms with Crippen molar-refractivity contribution < 1.29 is 17.9 Å². The number of para-hydroxylation sites is 1. The van der Waals surface area contributed by atoms with Crippen LogP contribution < -0.4 is 30.3 Å². The molecule has 1 aromatic heterocycles. The van der Waals surface area contributed by atoms with E-state index < -0.39 is 10.0 Å². The van der Waals surface area contributed by atoms with Crippen LogP contribution in [-0.4, -0.2) is 76.8 Å². The van der Waals surface area contributed by atoms with Crippen molar-refractivity contribution in [1.29, 1.82) is 0 Å². The zero-order valence-electron chi connectivity index (χ0n) is 24.6. The second-order valence-corrected chi connectivity index (χ2v) is 11.9. The lowest BCUT2D eigenvalue weighted by molar-refractivity contribution is -0.111. The molecule has 0 bridgehead atoms. The lowest BCUT2D eigenvalue weighted by Gasteiger charge is -2.26. The molecule has 226 valence electrons. The normalized spacial score (nSPS) is 11.1. The van der Waals surface area contributed by atoms with Crippen molar-refractivity contribution in [2.75, 3.05) is 73.2 Å². The van der Waals surface area contributed by atoms with Gasteiger partial charge in [0.1, 0.15) is 10.8 Å². The van der Waals surface area contributed by atoms with Crippen molar-refractivity contribution in [3.8, 4) is 5.75 Å². The fourth-order valence-electron chi connectivity index (χ4n) is 3.97. The summed E-state index contributed by atoms with van der Waals surface area (Å²) in [6.45, 7) is 6.98. The van der Waals surface area contributed by atoms with Crippen molar-refractivity contribution in [2.45, 2.75) is 13.3 Å². The Balaban J connectivity index is 2.00. The first kappa shape index (κ1) is 32.4. The summed E-state index contributed by atoms with van der Waals surface area (Å²) in [5.41, 5.74) is 3.44. The zero-order chi connectivity index (χ0) is 31.0. The van der Waals surface area contributed by atoms with E-state index in [1.165, 1.54) is 12.3 Å². The fraction of sp³-hybridized carbons (Fsp3) is 0.321. The number of aryl methyl sites for hydroxylation is 1. The highest BCUT2D eigenvalue weighted by molar-refractivity contribution is 7.92. The van der Waals surface area contributed by atoms with Crippen LogP contribution in [0, 0.1) is 0 Å². The first-order valence-corrected chi connectivity index (χ1v) is 15.3. The van der Waals surface area contributed by atoms with Gasteiger partial charge < -0.3 is 30.5 Å². The molecule has 0 atom stereocenters. The zero-order valence-corrected chi connectivity index (χ0v) is 26.2. The number of benzene rings is 2. The molecular formula is C28H37ClN8O4S. The molecular weight excluding hydrogens is 580 g/mol. The maximum atomic E-state index is 12.3. The van der Waals surface area contributed by atoms with Crippen LogP contribution in [0.5, 0.6) is 5.75 Å². The maximum absolute atomic E-state index is 12.3. The Labute approximate surface area is 252 Å². The molecule has 3 rings (SSSR count). The first-order chi connectivity index (χ1) is 19.8. The number of hydrogen-bond acceptors (Lipinski definition) is 10. The van der Waals surface area contributed by atoms with Crippen molar-refractivity contribution in [2.24, 2.45) is 0 Å². The number of halogens is 1. The number of anilines is 7. The Morgan fingerprint density at radius 1 is 1.12 bits per heavy atom. The minimum Gasteiger partial charge on any atom is -0.494 e. The van der Waals surface area contributed by atoms with E-state index in [2.05, 4.69) is 42.1 Å². The molecule has 0 unspecified atom stereocenters. The van der Waals surface area contributed by atoms with Crippen LogP contribution >= 0.6 is 11.6 Å². The van der Waals surface area contributed by atoms with E-state index in [0.717, 1.165) is 24.1 Å². The molecule has 0 radical (unpaired) electrons. The minimum atomic E-state index is -3.55. The molecule has 12 nitrogen and oxygen atoms in total. The minimum absolute atomic E-state index is 0.180. The van der Waals surface area contributed by atoms with Gasteiger partial charge in [0.25, 0.3) is 0 Å². The van der Waals surface area contributed by atoms with Gasteiger partial charge in [-0.1, -0.05) is 37.2 Å². The highest BCUT2D eigenvalue weighted by Crippen LogP contribution is 2.38. The van der Waals surface area contributed by atoms with Gasteiger partial charge in [0.05, 0.1) is 48.0 Å². The number of rotatable bonds is 14. The monoisotopic (exact) mass is 616 g/mol. The van der Waals surface area contributed by atoms with Gasteiger partial charge in [0.15, 0.2) is 5.82 Å². The number of amides is 1. The third kappa shape index (κ3) is 8.71. The van der Waals surface area contributed by atoms with Crippen LogP contribution in [0.3, 0.4) is 0 Å². The van der Waals surface area contributed by atoms with Crippen molar-refractivity contribution in [3.63, 3.8) is 0 Å². The van der Waals surface area contributed by atoms with Crippen molar-refractivity contribution in [3.05, 3.63) is 59.8 Å². The molecule has 3 aromatic rings. The number of likely N-dealkylation sites (N-methyl/N-ethyl adjacent to an activating group) is 2. The Hall–Kier alpha value is -4.07. The standard InChI is InChI=1S/C28H37ClN8O4S/c1-8-18-11-10-12-20(26(18)35-42(7,39)40)32-27-19(29)17-30-28(34-27)33-22-15-21(31-25(38)9-2)23(16-24(22)41-6)37(5)14-13-36(3)4/h9-12,15-17,35H,2,8,13-14H2,1,3-7H3,(H,31,38)(H2,30,32,33,34). The number of aromatic nitrogens is 2. The molecule has 0 aliphatic rings. The second kappa shape index (κ2) is 14.2. The molecule has 0 aliphatic heterocycles. The van der Waals surface area contributed by atoms with Gasteiger partial charge in [0, 0.05) is 26.2 Å². The highest BCUT2D eigenvalue weighted by atomic mass is 35.5. The van der Waals surface area contributed by atoms with Gasteiger partial charge in [-0.3, -0.25) is 9.52 Å². The van der Waals surface area contributed by atoms with E-state index in [9.17, 15) is 13.2 Å². The van der Waals surface area contributed by atoms with E-state index in [0.29, 0.717) is 41.5 Å². The number of nitrogens with one attached hydrogen (secondary N) is 4. The molecule has 4 N–H and O–H groups in total. The lowest BCUT2D eigenvalue weighted by atomic mass is 10.1. The number of nitrogens with zero attached hydrogens (tertiary/aromatic N) is 4. The number of ether oxygens (including phenoxy) is 1. The Morgan fingerprint density at radius 3 is 2.48 bits per heavy atom. The predicted molar refractivity (Wildman–Crippen MR) is 172 cm³/mol. The predicted octanol–water partition coefficient (Wildman–Crippen LogP) is 4.68. The number of methoxy groups -OCH3 is 1. The van der Waals surface area contributed by atoms with Gasteiger partial charge in [-0.05, 0) is 44.3 Å². The molecule has 14 heteroatoms. The Kier molecular flexibility index (Phi) is 11.0. The summed E-state index contributed by atoms with van der Waals surface area (Å²) in [6, 6.07) is 8.91. The van der Waals surface area contributed by atoms with Crippen LogP contribution in [-0.2, 0) is 21.2 Å². The molecule has 0 saturated heterocycles. The summed E-state index contributed by atoms with van der Waals surface area (Å²) in [5, 5.41) is 9.34. The van der Waals surface area contributed by atoms with Crippen LogP contribution in [0.1, 0.15) is 12.5 Å². The van der Waals surface area contributed by atoms with E-state index in [4.69, 9.17) is 16.3 Å². The SMILES string of the molecule is C=CC(=O)Nc1cc(Nc2ncc(Cl)c(Nc3cccc(CC)c3NS(C)(=O)=O)n2)c(OC)cc1N(C)CCN(C)C. The molecule has 0 spiro atoms. The van der Waals surface area contributed by atoms with Gasteiger partial charge >= 0.3 is 0 Å². The topological polar surface area (TPSA) is 141 Å². The largest absolute Gasteiger partial charge is 0.494 e. The summed E-state index contributed by atoms with van der Waals surface area (Å²) < 4.78 is 32.3. The quantitative estimate of drug-likeness (QED) is 0.189. The molecule has 42 heavy (non-hydrogen) atoms. The lowest BCUT2D eigenvalue weighted by Crippen LogP contribution is -2.29. The molecule has 0 saturated carbocycles. The average Bonchev–Trinajstić information content (AvgIpc) is 2.93. The number of carbonyl (C=O) groups excluding carboxylic acids is 1. The second-order valence-electron chi connectivity index (χ2n) is 9.70. The van der Waals surface area contributed by atoms with Crippen LogP contribution in [0.4, 0.5) is 40.2 Å². The number of hydrogen-bond donors (Lipinski definition) is 4. The van der Waals surface area contributed by atoms with E-state index in [-0.39, 0.29) is 22.7 Å². The first-order valence-electron chi connectivity index (χ1n) is 13.0. The third-order valence-electron chi connectivity index (χ3n) is 6.12.